The number of hydrogen-bond donors (Lipinski definition) is 0. The van der Waals surface area contributed by atoms with Gasteiger partial charge < -0.3 is 9.13 Å². The minimum absolute atomic E-state index is 0.633. The predicted molar refractivity (Wildman–Crippen MR) is 195 cm³/mol. The number of nitrogens with zero attached hydrogens (tertiary/aromatic N) is 4. The Morgan fingerprint density at radius 2 is 1.04 bits per heavy atom. The average Bonchev–Trinajstić information content (AvgIpc) is 3.67. The summed E-state index contributed by atoms with van der Waals surface area (Å²) in [5.74, 6) is 0. The van der Waals surface area contributed by atoms with Crippen LogP contribution in [0.25, 0.3) is 77.2 Å². The number of para-hydroxylation sites is 3. The Labute approximate surface area is 277 Å². The first-order valence-corrected chi connectivity index (χ1v) is 15.9. The van der Waals surface area contributed by atoms with Gasteiger partial charge in [0, 0.05) is 38.5 Å². The molecule has 0 aliphatic carbocycles. The summed E-state index contributed by atoms with van der Waals surface area (Å²) in [6, 6.07) is 59.1. The highest BCUT2D eigenvalue weighted by molar-refractivity contribution is 6.14. The van der Waals surface area contributed by atoms with Crippen molar-refractivity contribution in [2.45, 2.75) is 0 Å². The van der Waals surface area contributed by atoms with E-state index in [4.69, 9.17) is 0 Å². The van der Waals surface area contributed by atoms with Crippen molar-refractivity contribution >= 4 is 43.6 Å². The normalized spacial score (nSPS) is 11.3. The Morgan fingerprint density at radius 1 is 0.375 bits per heavy atom. The van der Waals surface area contributed by atoms with Gasteiger partial charge in [-0.3, -0.25) is 0 Å². The third-order valence-corrected chi connectivity index (χ3v) is 9.34. The molecular formula is C44H26N4. The second kappa shape index (κ2) is 10.9. The molecule has 0 saturated heterocycles. The van der Waals surface area contributed by atoms with E-state index >= 15 is 0 Å². The highest BCUT2D eigenvalue weighted by Gasteiger charge is 2.18. The van der Waals surface area contributed by atoms with Gasteiger partial charge in [-0.2, -0.15) is 10.5 Å². The highest BCUT2D eigenvalue weighted by Crippen LogP contribution is 2.40. The van der Waals surface area contributed by atoms with E-state index in [0.717, 1.165) is 66.5 Å². The smallest absolute Gasteiger partial charge is 0.0992 e. The maximum atomic E-state index is 9.71. The molecule has 0 aliphatic heterocycles. The molecule has 0 atom stereocenters. The fraction of sp³-hybridized carbons (Fsp3) is 0. The maximum Gasteiger partial charge on any atom is 0.0992 e. The molecule has 7 aromatic carbocycles. The van der Waals surface area contributed by atoms with Gasteiger partial charge in [-0.15, -0.1) is 0 Å². The van der Waals surface area contributed by atoms with E-state index < -0.39 is 0 Å². The van der Waals surface area contributed by atoms with Crippen molar-refractivity contribution in [1.29, 1.82) is 10.5 Å². The molecule has 0 fully saturated rings. The van der Waals surface area contributed by atoms with Gasteiger partial charge in [0.25, 0.3) is 0 Å². The summed E-state index contributed by atoms with van der Waals surface area (Å²) < 4.78 is 4.57. The number of rotatable bonds is 4. The molecule has 2 heterocycles. The number of fused-ring (bicyclic) bond motifs is 6. The Kier molecular flexibility index (Phi) is 6.22. The molecule has 0 N–H and O–H groups in total. The molecule has 0 bridgehead atoms. The lowest BCUT2D eigenvalue weighted by molar-refractivity contribution is 1.18. The fourth-order valence-electron chi connectivity index (χ4n) is 7.23. The summed E-state index contributed by atoms with van der Waals surface area (Å²) in [5, 5.41) is 23.9. The van der Waals surface area contributed by atoms with Gasteiger partial charge in [0.05, 0.1) is 45.3 Å². The zero-order valence-corrected chi connectivity index (χ0v) is 25.8. The Morgan fingerprint density at radius 3 is 1.92 bits per heavy atom. The van der Waals surface area contributed by atoms with Gasteiger partial charge >= 0.3 is 0 Å². The number of hydrogen-bond acceptors (Lipinski definition) is 2. The van der Waals surface area contributed by atoms with Crippen molar-refractivity contribution in [1.82, 2.24) is 9.13 Å². The van der Waals surface area contributed by atoms with Crippen LogP contribution in [0.2, 0.25) is 0 Å². The van der Waals surface area contributed by atoms with Gasteiger partial charge in [-0.05, 0) is 83.4 Å². The van der Waals surface area contributed by atoms with Crippen LogP contribution < -0.4 is 0 Å². The molecular weight excluding hydrogens is 585 g/mol. The molecule has 48 heavy (non-hydrogen) atoms. The van der Waals surface area contributed by atoms with Crippen LogP contribution >= 0.6 is 0 Å². The van der Waals surface area contributed by atoms with E-state index in [0.29, 0.717) is 11.1 Å². The topological polar surface area (TPSA) is 57.4 Å². The van der Waals surface area contributed by atoms with E-state index in [1.807, 2.05) is 36.4 Å². The summed E-state index contributed by atoms with van der Waals surface area (Å²) in [4.78, 5) is 0. The Bertz CT molecular complexity index is 2800. The van der Waals surface area contributed by atoms with Crippen molar-refractivity contribution in [2.24, 2.45) is 0 Å². The monoisotopic (exact) mass is 610 g/mol. The van der Waals surface area contributed by atoms with Crippen LogP contribution in [0.15, 0.2) is 158 Å². The molecule has 0 aliphatic rings. The van der Waals surface area contributed by atoms with E-state index in [2.05, 4.69) is 143 Å². The van der Waals surface area contributed by atoms with Crippen molar-refractivity contribution in [3.63, 3.8) is 0 Å². The molecule has 222 valence electrons. The standard InChI is InChI=1S/C44H26N4/c45-27-29-9-6-14-35(23-29)47-41-18-5-4-15-37(41)38-21-20-32(26-43(38)47)31-10-7-11-33(25-31)36-16-8-17-39-40-24-30(28-46)19-22-42(40)48(44(36)39)34-12-2-1-3-13-34/h1-26H. The molecule has 0 saturated carbocycles. The van der Waals surface area contributed by atoms with Gasteiger partial charge in [-0.1, -0.05) is 91.0 Å². The average molecular weight is 611 g/mol. The zero-order chi connectivity index (χ0) is 32.2. The van der Waals surface area contributed by atoms with E-state index in [9.17, 15) is 10.5 Å². The summed E-state index contributed by atoms with van der Waals surface area (Å²) in [5.41, 5.74) is 12.1. The van der Waals surface area contributed by atoms with Crippen LogP contribution in [0.4, 0.5) is 0 Å². The number of benzene rings is 7. The number of nitriles is 2. The quantitative estimate of drug-likeness (QED) is 0.199. The summed E-state index contributed by atoms with van der Waals surface area (Å²) in [7, 11) is 0. The minimum Gasteiger partial charge on any atom is -0.309 e. The van der Waals surface area contributed by atoms with Crippen LogP contribution in [-0.4, -0.2) is 9.13 Å². The van der Waals surface area contributed by atoms with Gasteiger partial charge in [0.15, 0.2) is 0 Å². The van der Waals surface area contributed by atoms with E-state index in [-0.39, 0.29) is 0 Å². The third kappa shape index (κ3) is 4.22. The van der Waals surface area contributed by atoms with Gasteiger partial charge in [0.1, 0.15) is 0 Å². The lowest BCUT2D eigenvalue weighted by Crippen LogP contribution is -1.95. The second-order valence-electron chi connectivity index (χ2n) is 12.0. The van der Waals surface area contributed by atoms with Crippen LogP contribution in [0.3, 0.4) is 0 Å². The van der Waals surface area contributed by atoms with Gasteiger partial charge in [-0.25, -0.2) is 0 Å². The predicted octanol–water partition coefficient (Wildman–Crippen LogP) is 11.0. The Balaban J connectivity index is 1.26. The van der Waals surface area contributed by atoms with E-state index in [1.165, 1.54) is 10.8 Å². The molecule has 2 aromatic heterocycles. The van der Waals surface area contributed by atoms with Crippen molar-refractivity contribution in [3.8, 4) is 45.8 Å². The minimum atomic E-state index is 0.633. The van der Waals surface area contributed by atoms with E-state index in [1.54, 1.807) is 0 Å². The van der Waals surface area contributed by atoms with Crippen molar-refractivity contribution in [2.75, 3.05) is 0 Å². The van der Waals surface area contributed by atoms with Crippen molar-refractivity contribution < 1.29 is 0 Å². The lowest BCUT2D eigenvalue weighted by Gasteiger charge is -2.13. The first-order valence-electron chi connectivity index (χ1n) is 15.9. The maximum absolute atomic E-state index is 9.71. The third-order valence-electron chi connectivity index (χ3n) is 9.34. The highest BCUT2D eigenvalue weighted by atomic mass is 15.0. The summed E-state index contributed by atoms with van der Waals surface area (Å²) in [6.07, 6.45) is 0. The largest absolute Gasteiger partial charge is 0.309 e. The number of aromatic nitrogens is 2. The molecule has 0 unspecified atom stereocenters. The molecule has 4 heteroatoms. The van der Waals surface area contributed by atoms with Crippen LogP contribution in [-0.2, 0) is 0 Å². The molecule has 4 nitrogen and oxygen atoms in total. The summed E-state index contributed by atoms with van der Waals surface area (Å²) in [6.45, 7) is 0. The fourth-order valence-corrected chi connectivity index (χ4v) is 7.23. The molecule has 9 rings (SSSR count). The lowest BCUT2D eigenvalue weighted by atomic mass is 9.96. The molecule has 0 amide bonds. The second-order valence-corrected chi connectivity index (χ2v) is 12.0. The van der Waals surface area contributed by atoms with Crippen LogP contribution in [0.1, 0.15) is 11.1 Å². The first kappa shape index (κ1) is 27.4. The summed E-state index contributed by atoms with van der Waals surface area (Å²) >= 11 is 0. The van der Waals surface area contributed by atoms with Crippen LogP contribution in [0.5, 0.6) is 0 Å². The Hall–Kier alpha value is -6.88. The zero-order valence-electron chi connectivity index (χ0n) is 25.8. The SMILES string of the molecule is N#Cc1cccc(-n2c3ccccc3c3ccc(-c4cccc(-c5cccc6c7cc(C#N)ccc7n(-c7ccccc7)c56)c4)cc32)c1. The van der Waals surface area contributed by atoms with Crippen LogP contribution in [0, 0.1) is 22.7 Å². The molecule has 0 spiro atoms. The molecule has 9 aromatic rings. The van der Waals surface area contributed by atoms with Gasteiger partial charge in [0.2, 0.25) is 0 Å². The first-order chi connectivity index (χ1) is 23.7. The van der Waals surface area contributed by atoms with Crippen molar-refractivity contribution in [3.05, 3.63) is 169 Å². The molecule has 0 radical (unpaired) electrons.